The molecule has 3 nitrogen and oxygen atoms in total. The molecule has 2 rings (SSSR count). The zero-order valence-corrected chi connectivity index (χ0v) is 8.34. The molecule has 2 fully saturated rings. The maximum Gasteiger partial charge on any atom is 0.471 e. The highest BCUT2D eigenvalue weighted by atomic mass is 19.4. The van der Waals surface area contributed by atoms with Crippen LogP contribution in [0.15, 0.2) is 0 Å². The molecule has 0 aromatic heterocycles. The summed E-state index contributed by atoms with van der Waals surface area (Å²) in [5.41, 5.74) is 0. The second-order valence-electron chi connectivity index (χ2n) is 4.28. The summed E-state index contributed by atoms with van der Waals surface area (Å²) in [6.45, 7) is 0. The molecule has 0 saturated carbocycles. The third-order valence-corrected chi connectivity index (χ3v) is 3.46. The van der Waals surface area contributed by atoms with E-state index in [9.17, 15) is 18.0 Å². The molecule has 15 heavy (non-hydrogen) atoms. The highest BCUT2D eigenvalue weighted by Crippen LogP contribution is 2.36. The van der Waals surface area contributed by atoms with E-state index in [1.807, 2.05) is 7.05 Å². The average molecular weight is 222 g/mol. The van der Waals surface area contributed by atoms with E-state index in [1.54, 1.807) is 0 Å². The molecule has 2 aliphatic rings. The van der Waals surface area contributed by atoms with Crippen LogP contribution >= 0.6 is 0 Å². The van der Waals surface area contributed by atoms with Crippen LogP contribution in [0.2, 0.25) is 0 Å². The Kier molecular flexibility index (Phi) is 2.41. The van der Waals surface area contributed by atoms with Gasteiger partial charge in [-0.05, 0) is 26.3 Å². The Morgan fingerprint density at radius 2 is 2.07 bits per heavy atom. The van der Waals surface area contributed by atoms with Crippen molar-refractivity contribution in [3.05, 3.63) is 0 Å². The van der Waals surface area contributed by atoms with Crippen molar-refractivity contribution in [2.45, 2.75) is 43.6 Å². The number of fused-ring (bicyclic) bond motifs is 2. The number of nitrogens with one attached hydrogen (secondary N) is 1. The van der Waals surface area contributed by atoms with Crippen LogP contribution in [0.1, 0.15) is 19.3 Å². The van der Waals surface area contributed by atoms with Gasteiger partial charge in [0.25, 0.3) is 0 Å². The molecule has 6 heteroatoms. The molecular formula is C9H13F3N2O. The van der Waals surface area contributed by atoms with E-state index in [2.05, 4.69) is 10.2 Å². The molecule has 2 aliphatic heterocycles. The number of carbonyl (C=O) groups is 1. The van der Waals surface area contributed by atoms with Crippen molar-refractivity contribution in [2.24, 2.45) is 0 Å². The molecule has 0 spiro atoms. The number of hydrogen-bond donors (Lipinski definition) is 1. The SMILES string of the molecule is CN1C2CCC1C(NC(=O)C(F)(F)F)C2. The van der Waals surface area contributed by atoms with E-state index in [1.165, 1.54) is 0 Å². The highest BCUT2D eigenvalue weighted by Gasteiger charge is 2.47. The average Bonchev–Trinajstić information content (AvgIpc) is 2.60. The summed E-state index contributed by atoms with van der Waals surface area (Å²) >= 11 is 0. The lowest BCUT2D eigenvalue weighted by molar-refractivity contribution is -0.174. The number of rotatable bonds is 1. The van der Waals surface area contributed by atoms with Crippen molar-refractivity contribution < 1.29 is 18.0 Å². The van der Waals surface area contributed by atoms with Crippen molar-refractivity contribution in [3.8, 4) is 0 Å². The van der Waals surface area contributed by atoms with Crippen molar-refractivity contribution in [1.29, 1.82) is 0 Å². The molecule has 0 radical (unpaired) electrons. The second kappa shape index (κ2) is 3.37. The first-order valence-corrected chi connectivity index (χ1v) is 4.99. The molecule has 1 N–H and O–H groups in total. The van der Waals surface area contributed by atoms with E-state index < -0.39 is 12.1 Å². The number of amides is 1. The minimum absolute atomic E-state index is 0.0845. The molecule has 0 aromatic carbocycles. The Morgan fingerprint density at radius 3 is 2.47 bits per heavy atom. The van der Waals surface area contributed by atoms with E-state index in [-0.39, 0.29) is 12.1 Å². The fourth-order valence-electron chi connectivity index (χ4n) is 2.67. The molecular weight excluding hydrogens is 209 g/mol. The third kappa shape index (κ3) is 1.82. The fourth-order valence-corrected chi connectivity index (χ4v) is 2.67. The summed E-state index contributed by atoms with van der Waals surface area (Å²) in [5.74, 6) is -1.81. The number of carbonyl (C=O) groups excluding carboxylic acids is 1. The summed E-state index contributed by atoms with van der Waals surface area (Å²) in [6, 6.07) is 0.0951. The van der Waals surface area contributed by atoms with Crippen LogP contribution in [0.5, 0.6) is 0 Å². The number of nitrogens with zero attached hydrogens (tertiary/aromatic N) is 1. The predicted molar refractivity (Wildman–Crippen MR) is 47.2 cm³/mol. The molecule has 86 valence electrons. The maximum absolute atomic E-state index is 12.0. The standard InChI is InChI=1S/C9H13F3N2O/c1-14-5-2-3-7(14)6(4-5)13-8(15)9(10,11)12/h5-7H,2-4H2,1H3,(H,13,15). The number of likely N-dealkylation sites (N-methyl/N-ethyl adjacent to an activating group) is 1. The largest absolute Gasteiger partial charge is 0.471 e. The monoisotopic (exact) mass is 222 g/mol. The number of halogens is 3. The summed E-state index contributed by atoms with van der Waals surface area (Å²) in [7, 11) is 1.90. The highest BCUT2D eigenvalue weighted by molar-refractivity contribution is 5.82. The normalized spacial score (nSPS) is 35.9. The topological polar surface area (TPSA) is 32.3 Å². The van der Waals surface area contributed by atoms with Crippen molar-refractivity contribution >= 4 is 5.91 Å². The van der Waals surface area contributed by atoms with Crippen LogP contribution in [0.25, 0.3) is 0 Å². The minimum Gasteiger partial charge on any atom is -0.344 e. The van der Waals surface area contributed by atoms with Crippen LogP contribution in [-0.2, 0) is 4.79 Å². The zero-order chi connectivity index (χ0) is 11.2. The van der Waals surface area contributed by atoms with Gasteiger partial charge in [-0.1, -0.05) is 0 Å². The summed E-state index contributed by atoms with van der Waals surface area (Å²) in [5, 5.41) is 2.08. The van der Waals surface area contributed by atoms with Crippen LogP contribution in [0.3, 0.4) is 0 Å². The van der Waals surface area contributed by atoms with Gasteiger partial charge in [0.1, 0.15) is 0 Å². The Balaban J connectivity index is 1.95. The zero-order valence-electron chi connectivity index (χ0n) is 8.34. The van der Waals surface area contributed by atoms with Crippen molar-refractivity contribution in [2.75, 3.05) is 7.05 Å². The smallest absolute Gasteiger partial charge is 0.344 e. The third-order valence-electron chi connectivity index (χ3n) is 3.46. The van der Waals surface area contributed by atoms with Gasteiger partial charge in [-0.3, -0.25) is 9.69 Å². The van der Waals surface area contributed by atoms with Gasteiger partial charge in [0.2, 0.25) is 0 Å². The van der Waals surface area contributed by atoms with Gasteiger partial charge in [-0.15, -0.1) is 0 Å². The molecule has 2 saturated heterocycles. The Bertz CT molecular complexity index is 279. The quantitative estimate of drug-likeness (QED) is 0.715. The Morgan fingerprint density at radius 1 is 1.40 bits per heavy atom. The van der Waals surface area contributed by atoms with Crippen molar-refractivity contribution in [1.82, 2.24) is 10.2 Å². The first-order valence-electron chi connectivity index (χ1n) is 4.99. The van der Waals surface area contributed by atoms with Crippen LogP contribution in [-0.4, -0.2) is 42.2 Å². The lowest BCUT2D eigenvalue weighted by Gasteiger charge is -2.23. The minimum atomic E-state index is -4.76. The molecule has 1 amide bonds. The van der Waals surface area contributed by atoms with Gasteiger partial charge in [0, 0.05) is 18.1 Å². The first-order chi connectivity index (χ1) is 6.89. The second-order valence-corrected chi connectivity index (χ2v) is 4.28. The molecule has 2 heterocycles. The molecule has 2 bridgehead atoms. The number of alkyl halides is 3. The van der Waals surface area contributed by atoms with Gasteiger partial charge >= 0.3 is 12.1 Å². The van der Waals surface area contributed by atoms with Gasteiger partial charge in [0.05, 0.1) is 0 Å². The van der Waals surface area contributed by atoms with Crippen molar-refractivity contribution in [3.63, 3.8) is 0 Å². The molecule has 3 unspecified atom stereocenters. The molecule has 3 atom stereocenters. The van der Waals surface area contributed by atoms with Crippen LogP contribution in [0.4, 0.5) is 13.2 Å². The lowest BCUT2D eigenvalue weighted by atomic mass is 9.95. The van der Waals surface area contributed by atoms with Crippen LogP contribution < -0.4 is 5.32 Å². The van der Waals surface area contributed by atoms with Gasteiger partial charge < -0.3 is 5.32 Å². The summed E-state index contributed by atoms with van der Waals surface area (Å²) in [4.78, 5) is 12.8. The first kappa shape index (κ1) is 10.7. The predicted octanol–water partition coefficient (Wildman–Crippen LogP) is 0.900. The van der Waals surface area contributed by atoms with E-state index in [4.69, 9.17) is 0 Å². The van der Waals surface area contributed by atoms with E-state index >= 15 is 0 Å². The lowest BCUT2D eigenvalue weighted by Crippen LogP contribution is -2.48. The Labute approximate surface area is 85.6 Å². The van der Waals surface area contributed by atoms with E-state index in [0.29, 0.717) is 12.5 Å². The van der Waals surface area contributed by atoms with E-state index in [0.717, 1.165) is 12.8 Å². The van der Waals surface area contributed by atoms with Gasteiger partial charge in [-0.2, -0.15) is 13.2 Å². The maximum atomic E-state index is 12.0. The van der Waals surface area contributed by atoms with Gasteiger partial charge in [0.15, 0.2) is 0 Å². The fraction of sp³-hybridized carbons (Fsp3) is 0.889. The Hall–Kier alpha value is -0.780. The number of hydrogen-bond acceptors (Lipinski definition) is 2. The summed E-state index contributed by atoms with van der Waals surface area (Å²) < 4.78 is 36.0. The van der Waals surface area contributed by atoms with Crippen LogP contribution in [0, 0.1) is 0 Å². The van der Waals surface area contributed by atoms with Gasteiger partial charge in [-0.25, -0.2) is 0 Å². The molecule has 0 aliphatic carbocycles. The molecule has 0 aromatic rings. The summed E-state index contributed by atoms with van der Waals surface area (Å²) in [6.07, 6.45) is -2.22.